The van der Waals surface area contributed by atoms with Crippen LogP contribution in [0.15, 0.2) is 18.2 Å². The fourth-order valence-corrected chi connectivity index (χ4v) is 1.67. The van der Waals surface area contributed by atoms with Crippen LogP contribution in [0, 0.1) is 6.92 Å². The highest BCUT2D eigenvalue weighted by molar-refractivity contribution is 7.80. The number of halogens is 1. The highest BCUT2D eigenvalue weighted by atomic mass is 35.5. The second-order valence-corrected chi connectivity index (χ2v) is 4.85. The van der Waals surface area contributed by atoms with E-state index in [0.717, 1.165) is 11.3 Å². The van der Waals surface area contributed by atoms with Crippen LogP contribution in [0.25, 0.3) is 0 Å². The number of nitrogens with one attached hydrogen (secondary N) is 2. The number of hydrogen-bond donors (Lipinski definition) is 3. The molecule has 7 heteroatoms. The predicted octanol–water partition coefficient (Wildman–Crippen LogP) is 2.38. The van der Waals surface area contributed by atoms with Gasteiger partial charge in [0.15, 0.2) is 6.61 Å². The van der Waals surface area contributed by atoms with Crippen molar-refractivity contribution in [2.45, 2.75) is 19.9 Å². The van der Waals surface area contributed by atoms with Crippen molar-refractivity contribution >= 4 is 40.5 Å². The van der Waals surface area contributed by atoms with Crippen LogP contribution in [-0.2, 0) is 9.63 Å². The van der Waals surface area contributed by atoms with E-state index in [1.165, 1.54) is 0 Å². The van der Waals surface area contributed by atoms with Gasteiger partial charge in [0, 0.05) is 10.7 Å². The van der Waals surface area contributed by atoms with Crippen molar-refractivity contribution in [1.29, 1.82) is 0 Å². The average Bonchev–Trinajstić information content (AvgIpc) is 2.32. The molecular weight excluding hydrogens is 288 g/mol. The monoisotopic (exact) mass is 302 g/mol. The summed E-state index contributed by atoms with van der Waals surface area (Å²) in [6.07, 6.45) is 0. The van der Waals surface area contributed by atoms with E-state index < -0.39 is 12.6 Å². The Morgan fingerprint density at radius 2 is 2.26 bits per heavy atom. The van der Waals surface area contributed by atoms with Crippen molar-refractivity contribution in [1.82, 2.24) is 5.48 Å². The molecule has 3 N–H and O–H groups in total. The maximum atomic E-state index is 10.3. The number of benzene rings is 1. The minimum absolute atomic E-state index is 0.315. The molecule has 0 heterocycles. The molecule has 1 aromatic rings. The summed E-state index contributed by atoms with van der Waals surface area (Å²) in [6, 6.07) is 5.10. The van der Waals surface area contributed by atoms with Crippen molar-refractivity contribution in [3.8, 4) is 0 Å². The van der Waals surface area contributed by atoms with Gasteiger partial charge in [0.25, 0.3) is 0 Å². The summed E-state index contributed by atoms with van der Waals surface area (Å²) in [4.78, 5) is 15.6. The van der Waals surface area contributed by atoms with Gasteiger partial charge in [-0.05, 0) is 37.6 Å². The molecule has 19 heavy (non-hydrogen) atoms. The first kappa shape index (κ1) is 15.8. The summed E-state index contributed by atoms with van der Waals surface area (Å²) < 4.78 is 0. The lowest BCUT2D eigenvalue weighted by molar-refractivity contribution is -0.145. The smallest absolute Gasteiger partial charge is 0.331 e. The van der Waals surface area contributed by atoms with E-state index in [9.17, 15) is 4.79 Å². The quantitative estimate of drug-likeness (QED) is 0.554. The number of hydroxylamine groups is 1. The zero-order valence-corrected chi connectivity index (χ0v) is 12.1. The molecule has 0 spiro atoms. The third kappa shape index (κ3) is 5.52. The lowest BCUT2D eigenvalue weighted by Crippen LogP contribution is -2.38. The number of anilines is 1. The topological polar surface area (TPSA) is 70.6 Å². The third-order valence-corrected chi connectivity index (χ3v) is 2.99. The minimum atomic E-state index is -1.05. The molecule has 5 nitrogen and oxygen atoms in total. The van der Waals surface area contributed by atoms with Crippen molar-refractivity contribution in [3.63, 3.8) is 0 Å². The van der Waals surface area contributed by atoms with Gasteiger partial charge in [-0.3, -0.25) is 4.84 Å². The molecule has 1 atom stereocenters. The molecular formula is C12H15ClN2O3S. The Hall–Kier alpha value is -1.21. The Bertz CT molecular complexity index is 482. The highest BCUT2D eigenvalue weighted by Gasteiger charge is 2.10. The summed E-state index contributed by atoms with van der Waals surface area (Å²) in [6.45, 7) is 3.26. The Labute approximate surface area is 121 Å². The largest absolute Gasteiger partial charge is 0.479 e. The molecule has 0 radical (unpaired) electrons. The predicted molar refractivity (Wildman–Crippen MR) is 78.6 cm³/mol. The van der Waals surface area contributed by atoms with Crippen LogP contribution in [-0.4, -0.2) is 28.7 Å². The van der Waals surface area contributed by atoms with Crippen LogP contribution in [0.2, 0.25) is 5.02 Å². The van der Waals surface area contributed by atoms with Gasteiger partial charge in [-0.25, -0.2) is 4.79 Å². The Balaban J connectivity index is 2.51. The lowest BCUT2D eigenvalue weighted by Gasteiger charge is -2.17. The number of rotatable bonds is 6. The highest BCUT2D eigenvalue weighted by Crippen LogP contribution is 2.19. The fourth-order valence-electron chi connectivity index (χ4n) is 1.29. The Morgan fingerprint density at radius 1 is 1.58 bits per heavy atom. The third-order valence-electron chi connectivity index (χ3n) is 2.30. The molecule has 104 valence electrons. The van der Waals surface area contributed by atoms with E-state index in [-0.39, 0.29) is 6.04 Å². The van der Waals surface area contributed by atoms with Crippen molar-refractivity contribution in [2.75, 3.05) is 11.9 Å². The molecule has 0 saturated heterocycles. The number of carboxylic acids is 1. The molecule has 0 fully saturated rings. The van der Waals surface area contributed by atoms with E-state index >= 15 is 0 Å². The Kier molecular flexibility index (Phi) is 6.17. The number of carbonyl (C=O) groups is 1. The van der Waals surface area contributed by atoms with Crippen LogP contribution in [0.3, 0.4) is 0 Å². The number of hydrogen-bond acceptors (Lipinski definition) is 4. The second kappa shape index (κ2) is 7.40. The zero-order valence-electron chi connectivity index (χ0n) is 10.6. The molecule has 0 aliphatic carbocycles. The van der Waals surface area contributed by atoms with Crippen LogP contribution < -0.4 is 10.8 Å². The van der Waals surface area contributed by atoms with Gasteiger partial charge in [-0.1, -0.05) is 23.8 Å². The van der Waals surface area contributed by atoms with Gasteiger partial charge in [0.1, 0.15) is 0 Å². The molecule has 0 bridgehead atoms. The number of aryl methyl sites for hydroxylation is 1. The summed E-state index contributed by atoms with van der Waals surface area (Å²) in [7, 11) is 0. The standard InChI is InChI=1S/C12H15ClN2O3S/c1-7-5-9(13)3-4-10(7)14-12(19)8(2)15-18-6-11(16)17/h3-5,8,15H,6H2,1-2H3,(H,14,19)(H,16,17). The number of thiocarbonyl (C=S) groups is 1. The van der Waals surface area contributed by atoms with Crippen LogP contribution in [0.4, 0.5) is 5.69 Å². The van der Waals surface area contributed by atoms with Crippen molar-refractivity contribution < 1.29 is 14.7 Å². The number of aliphatic carboxylic acids is 1. The van der Waals surface area contributed by atoms with Gasteiger partial charge < -0.3 is 10.4 Å². The Morgan fingerprint density at radius 3 is 2.84 bits per heavy atom. The molecule has 1 unspecified atom stereocenters. The van der Waals surface area contributed by atoms with Gasteiger partial charge in [-0.15, -0.1) is 0 Å². The van der Waals surface area contributed by atoms with Crippen LogP contribution >= 0.6 is 23.8 Å². The van der Waals surface area contributed by atoms with E-state index in [1.807, 2.05) is 19.1 Å². The summed E-state index contributed by atoms with van der Waals surface area (Å²) in [5.41, 5.74) is 4.37. The maximum absolute atomic E-state index is 10.3. The molecule has 0 aliphatic heterocycles. The SMILES string of the molecule is Cc1cc(Cl)ccc1NC(=S)C(C)NOCC(=O)O. The summed E-state index contributed by atoms with van der Waals surface area (Å²) >= 11 is 11.1. The minimum Gasteiger partial charge on any atom is -0.479 e. The molecule has 0 amide bonds. The molecule has 0 saturated carbocycles. The number of carboxylic acid groups (broad SMARTS) is 1. The maximum Gasteiger partial charge on any atom is 0.331 e. The average molecular weight is 303 g/mol. The first-order valence-corrected chi connectivity index (χ1v) is 6.35. The van der Waals surface area contributed by atoms with Crippen LogP contribution in [0.5, 0.6) is 0 Å². The van der Waals surface area contributed by atoms with Gasteiger partial charge in [-0.2, -0.15) is 5.48 Å². The lowest BCUT2D eigenvalue weighted by atomic mass is 10.2. The van der Waals surface area contributed by atoms with E-state index in [2.05, 4.69) is 10.8 Å². The molecule has 1 rings (SSSR count). The second-order valence-electron chi connectivity index (χ2n) is 3.97. The van der Waals surface area contributed by atoms with Gasteiger partial charge in [0.2, 0.25) is 0 Å². The first-order valence-electron chi connectivity index (χ1n) is 5.56. The summed E-state index contributed by atoms with van der Waals surface area (Å²) in [5, 5.41) is 12.2. The van der Waals surface area contributed by atoms with Crippen molar-refractivity contribution in [2.24, 2.45) is 0 Å². The van der Waals surface area contributed by atoms with Crippen LogP contribution in [0.1, 0.15) is 12.5 Å². The van der Waals surface area contributed by atoms with E-state index in [4.69, 9.17) is 33.8 Å². The molecule has 1 aromatic carbocycles. The molecule has 0 aromatic heterocycles. The normalized spacial score (nSPS) is 11.9. The van der Waals surface area contributed by atoms with Gasteiger partial charge >= 0.3 is 5.97 Å². The van der Waals surface area contributed by atoms with E-state index in [1.54, 1.807) is 13.0 Å². The molecule has 0 aliphatic rings. The van der Waals surface area contributed by atoms with E-state index in [0.29, 0.717) is 10.0 Å². The van der Waals surface area contributed by atoms with Crippen molar-refractivity contribution in [3.05, 3.63) is 28.8 Å². The summed E-state index contributed by atoms with van der Waals surface area (Å²) in [5.74, 6) is -1.05. The first-order chi connectivity index (χ1) is 8.90. The van der Waals surface area contributed by atoms with Gasteiger partial charge in [0.05, 0.1) is 11.0 Å². The fraction of sp³-hybridized carbons (Fsp3) is 0.333. The zero-order chi connectivity index (χ0) is 14.4.